The van der Waals surface area contributed by atoms with E-state index < -0.39 is 5.82 Å². The number of carbonyl (C=O) groups is 1. The van der Waals surface area contributed by atoms with Gasteiger partial charge in [-0.1, -0.05) is 18.2 Å². The molecule has 1 aliphatic rings. The monoisotopic (exact) mass is 484 g/mol. The Morgan fingerprint density at radius 2 is 1.97 bits per heavy atom. The Hall–Kier alpha value is -4.31. The van der Waals surface area contributed by atoms with Crippen molar-refractivity contribution < 1.29 is 9.18 Å². The lowest BCUT2D eigenvalue weighted by molar-refractivity contribution is 0.0737. The molecule has 0 unspecified atom stereocenters. The standard InChI is InChI=1S/C26H25FN8O/c27-19-11-18(13-29-15-19)23-12-24(30-6-5-17-14-31-22-4-2-1-3-20(17)22)35-25(33-23)21(16-32-35)26(36)34-9-7-28-8-10-34/h1-4,11-16,28,30-31H,5-10H2. The predicted molar refractivity (Wildman–Crippen MR) is 135 cm³/mol. The molecule has 1 aromatic carbocycles. The lowest BCUT2D eigenvalue weighted by atomic mass is 10.1. The van der Waals surface area contributed by atoms with Crippen molar-refractivity contribution in [3.63, 3.8) is 0 Å². The van der Waals surface area contributed by atoms with Gasteiger partial charge in [0.25, 0.3) is 5.91 Å². The molecule has 5 heterocycles. The first-order chi connectivity index (χ1) is 17.7. The molecule has 0 saturated carbocycles. The molecule has 10 heteroatoms. The fourth-order valence-electron chi connectivity index (χ4n) is 4.64. The third-order valence-electron chi connectivity index (χ3n) is 6.48. The van der Waals surface area contributed by atoms with Crippen LogP contribution in [0, 0.1) is 5.82 Å². The Morgan fingerprint density at radius 1 is 1.11 bits per heavy atom. The van der Waals surface area contributed by atoms with Gasteiger partial charge in [-0.3, -0.25) is 9.78 Å². The summed E-state index contributed by atoms with van der Waals surface area (Å²) in [5.74, 6) is 0.102. The molecule has 6 rings (SSSR count). The molecule has 0 bridgehead atoms. The lowest BCUT2D eigenvalue weighted by Gasteiger charge is -2.27. The summed E-state index contributed by atoms with van der Waals surface area (Å²) in [5, 5.41) is 12.4. The van der Waals surface area contributed by atoms with Gasteiger partial charge in [0.15, 0.2) is 5.65 Å². The molecule has 0 radical (unpaired) electrons. The zero-order valence-corrected chi connectivity index (χ0v) is 19.5. The quantitative estimate of drug-likeness (QED) is 0.342. The molecule has 0 spiro atoms. The number of benzene rings is 1. The summed E-state index contributed by atoms with van der Waals surface area (Å²) in [6.07, 6.45) is 7.08. The zero-order valence-electron chi connectivity index (χ0n) is 19.5. The molecule has 4 aromatic heterocycles. The van der Waals surface area contributed by atoms with Crippen molar-refractivity contribution in [3.8, 4) is 11.3 Å². The Kier molecular flexibility index (Phi) is 5.78. The van der Waals surface area contributed by atoms with Crippen LogP contribution in [0.3, 0.4) is 0 Å². The molecule has 5 aromatic rings. The highest BCUT2D eigenvalue weighted by Gasteiger charge is 2.24. The van der Waals surface area contributed by atoms with Crippen LogP contribution in [0.1, 0.15) is 15.9 Å². The van der Waals surface area contributed by atoms with Gasteiger partial charge in [-0.05, 0) is 24.1 Å². The number of pyridine rings is 1. The summed E-state index contributed by atoms with van der Waals surface area (Å²) in [6, 6.07) is 11.4. The largest absolute Gasteiger partial charge is 0.370 e. The first kappa shape index (κ1) is 22.2. The summed E-state index contributed by atoms with van der Waals surface area (Å²) < 4.78 is 15.6. The average Bonchev–Trinajstić information content (AvgIpc) is 3.53. The number of para-hydroxylation sites is 1. The van der Waals surface area contributed by atoms with Crippen LogP contribution in [0.2, 0.25) is 0 Å². The smallest absolute Gasteiger partial charge is 0.259 e. The van der Waals surface area contributed by atoms with Gasteiger partial charge < -0.3 is 20.5 Å². The Balaban J connectivity index is 1.35. The minimum absolute atomic E-state index is 0.113. The number of amides is 1. The van der Waals surface area contributed by atoms with E-state index >= 15 is 0 Å². The third-order valence-corrected chi connectivity index (χ3v) is 6.48. The highest BCUT2D eigenvalue weighted by molar-refractivity contribution is 6.00. The zero-order chi connectivity index (χ0) is 24.5. The number of carbonyl (C=O) groups excluding carboxylic acids is 1. The van der Waals surface area contributed by atoms with Gasteiger partial charge in [-0.2, -0.15) is 9.61 Å². The molecule has 1 fully saturated rings. The fraction of sp³-hybridized carbons (Fsp3) is 0.231. The van der Waals surface area contributed by atoms with Crippen molar-refractivity contribution in [1.82, 2.24) is 34.8 Å². The normalized spacial score (nSPS) is 14.0. The van der Waals surface area contributed by atoms with Crippen LogP contribution >= 0.6 is 0 Å². The van der Waals surface area contributed by atoms with Crippen LogP contribution in [-0.2, 0) is 6.42 Å². The van der Waals surface area contributed by atoms with E-state index in [-0.39, 0.29) is 5.91 Å². The highest BCUT2D eigenvalue weighted by atomic mass is 19.1. The molecule has 1 saturated heterocycles. The number of aromatic nitrogens is 5. The van der Waals surface area contributed by atoms with Gasteiger partial charge in [0.2, 0.25) is 0 Å². The molecular formula is C26H25FN8O. The molecule has 3 N–H and O–H groups in total. The van der Waals surface area contributed by atoms with Gasteiger partial charge in [-0.25, -0.2) is 9.37 Å². The van der Waals surface area contributed by atoms with E-state index in [4.69, 9.17) is 4.98 Å². The first-order valence-corrected chi connectivity index (χ1v) is 12.0. The Morgan fingerprint density at radius 3 is 2.83 bits per heavy atom. The van der Waals surface area contributed by atoms with Crippen LogP contribution in [0.5, 0.6) is 0 Å². The maximum absolute atomic E-state index is 14.0. The number of fused-ring (bicyclic) bond motifs is 2. The number of anilines is 1. The number of hydrogen-bond donors (Lipinski definition) is 3. The number of rotatable bonds is 6. The minimum atomic E-state index is -0.450. The highest BCUT2D eigenvalue weighted by Crippen LogP contribution is 2.25. The van der Waals surface area contributed by atoms with E-state index in [2.05, 4.69) is 37.8 Å². The van der Waals surface area contributed by atoms with Crippen molar-refractivity contribution in [2.24, 2.45) is 0 Å². The van der Waals surface area contributed by atoms with Crippen molar-refractivity contribution in [2.75, 3.05) is 38.0 Å². The third kappa shape index (κ3) is 4.16. The maximum atomic E-state index is 14.0. The number of aromatic amines is 1. The molecule has 36 heavy (non-hydrogen) atoms. The second kappa shape index (κ2) is 9.38. The minimum Gasteiger partial charge on any atom is -0.370 e. The molecule has 9 nitrogen and oxygen atoms in total. The van der Waals surface area contributed by atoms with E-state index in [0.29, 0.717) is 47.9 Å². The van der Waals surface area contributed by atoms with E-state index in [9.17, 15) is 9.18 Å². The van der Waals surface area contributed by atoms with Crippen molar-refractivity contribution >= 4 is 28.3 Å². The Labute approximate surface area is 206 Å². The van der Waals surface area contributed by atoms with Crippen molar-refractivity contribution in [3.05, 3.63) is 78.1 Å². The molecule has 0 aliphatic carbocycles. The molecule has 0 atom stereocenters. The van der Waals surface area contributed by atoms with Crippen LogP contribution < -0.4 is 10.6 Å². The first-order valence-electron chi connectivity index (χ1n) is 12.0. The number of piperazine rings is 1. The van der Waals surface area contributed by atoms with Gasteiger partial charge in [0.05, 0.1) is 18.1 Å². The van der Waals surface area contributed by atoms with Gasteiger partial charge in [0.1, 0.15) is 17.2 Å². The van der Waals surface area contributed by atoms with Gasteiger partial charge in [0, 0.05) is 67.7 Å². The van der Waals surface area contributed by atoms with Crippen LogP contribution in [0.25, 0.3) is 27.8 Å². The van der Waals surface area contributed by atoms with Crippen LogP contribution in [0.15, 0.2) is 61.2 Å². The Bertz CT molecular complexity index is 1550. The lowest BCUT2D eigenvalue weighted by Crippen LogP contribution is -2.46. The summed E-state index contributed by atoms with van der Waals surface area (Å²) in [7, 11) is 0. The van der Waals surface area contributed by atoms with Crippen LogP contribution in [0.4, 0.5) is 10.2 Å². The van der Waals surface area contributed by atoms with Gasteiger partial charge in [-0.15, -0.1) is 0 Å². The molecule has 1 aliphatic heterocycles. The molecular weight excluding hydrogens is 459 g/mol. The van der Waals surface area contributed by atoms with Crippen molar-refractivity contribution in [1.29, 1.82) is 0 Å². The summed E-state index contributed by atoms with van der Waals surface area (Å²) in [5.41, 5.74) is 4.19. The second-order valence-electron chi connectivity index (χ2n) is 8.79. The van der Waals surface area contributed by atoms with E-state index in [1.807, 2.05) is 24.4 Å². The number of nitrogens with one attached hydrogen (secondary N) is 3. The number of halogens is 1. The van der Waals surface area contributed by atoms with E-state index in [1.165, 1.54) is 17.0 Å². The summed E-state index contributed by atoms with van der Waals surface area (Å²) >= 11 is 0. The number of H-pyrrole nitrogens is 1. The van der Waals surface area contributed by atoms with E-state index in [0.717, 1.165) is 31.2 Å². The van der Waals surface area contributed by atoms with Crippen molar-refractivity contribution in [2.45, 2.75) is 6.42 Å². The second-order valence-corrected chi connectivity index (χ2v) is 8.79. The number of hydrogen-bond acceptors (Lipinski definition) is 6. The maximum Gasteiger partial charge on any atom is 0.259 e. The average molecular weight is 485 g/mol. The predicted octanol–water partition coefficient (Wildman–Crippen LogP) is 3.11. The SMILES string of the molecule is O=C(c1cnn2c(NCCc3c[nH]c4ccccc34)cc(-c3cncc(F)c3)nc12)N1CCNCC1. The number of nitrogens with zero attached hydrogens (tertiary/aromatic N) is 5. The van der Waals surface area contributed by atoms with Gasteiger partial charge >= 0.3 is 0 Å². The summed E-state index contributed by atoms with van der Waals surface area (Å²) in [4.78, 5) is 27.1. The van der Waals surface area contributed by atoms with Crippen LogP contribution in [-0.4, -0.2) is 68.1 Å². The molecule has 182 valence electrons. The molecule has 1 amide bonds. The summed E-state index contributed by atoms with van der Waals surface area (Å²) in [6.45, 7) is 3.38. The fourth-order valence-corrected chi connectivity index (χ4v) is 4.64. The topological polar surface area (TPSA) is 103 Å². The van der Waals surface area contributed by atoms with E-state index in [1.54, 1.807) is 21.8 Å².